The van der Waals surface area contributed by atoms with E-state index in [-0.39, 0.29) is 0 Å². The first-order valence-electron chi connectivity index (χ1n) is 5.13. The lowest BCUT2D eigenvalue weighted by molar-refractivity contribution is 0.435. The highest BCUT2D eigenvalue weighted by Crippen LogP contribution is 2.29. The third-order valence-electron chi connectivity index (χ3n) is 2.72. The van der Waals surface area contributed by atoms with Gasteiger partial charge in [-0.05, 0) is 32.1 Å². The van der Waals surface area contributed by atoms with Crippen molar-refractivity contribution in [2.24, 2.45) is 0 Å². The largest absolute Gasteiger partial charge is 0.289 e. The fraction of sp³-hybridized carbons (Fsp3) is 0.273. The number of allylic oxidation sites excluding steroid dienone is 1. The van der Waals surface area contributed by atoms with Gasteiger partial charge in [-0.15, -0.1) is 0 Å². The fourth-order valence-corrected chi connectivity index (χ4v) is 2.31. The van der Waals surface area contributed by atoms with Crippen molar-refractivity contribution in [3.8, 4) is 0 Å². The van der Waals surface area contributed by atoms with E-state index in [1.165, 1.54) is 13.0 Å². The quantitative estimate of drug-likeness (QED) is 0.783. The van der Waals surface area contributed by atoms with E-state index in [0.717, 1.165) is 11.4 Å². The highest BCUT2D eigenvalue weighted by Gasteiger charge is 2.42. The molecule has 1 heterocycles. The lowest BCUT2D eigenvalue weighted by Crippen LogP contribution is -2.50. The van der Waals surface area contributed by atoms with Crippen molar-refractivity contribution in [3.63, 3.8) is 0 Å². The summed E-state index contributed by atoms with van der Waals surface area (Å²) in [7, 11) is -4.21. The van der Waals surface area contributed by atoms with Gasteiger partial charge in [-0.25, -0.2) is 5.43 Å². The summed E-state index contributed by atoms with van der Waals surface area (Å²) in [5.74, 6) is 0. The molecular weight excluding hydrogens is 240 g/mol. The van der Waals surface area contributed by atoms with Crippen LogP contribution in [0.4, 0.5) is 5.69 Å². The van der Waals surface area contributed by atoms with Crippen molar-refractivity contribution in [1.29, 1.82) is 0 Å². The van der Waals surface area contributed by atoms with Crippen molar-refractivity contribution in [1.82, 2.24) is 5.43 Å². The molecule has 0 saturated heterocycles. The van der Waals surface area contributed by atoms with Crippen molar-refractivity contribution in [3.05, 3.63) is 42.1 Å². The van der Waals surface area contributed by atoms with Crippen LogP contribution in [0.2, 0.25) is 0 Å². The van der Waals surface area contributed by atoms with Gasteiger partial charge >= 0.3 is 0 Å². The van der Waals surface area contributed by atoms with Gasteiger partial charge in [0.25, 0.3) is 10.1 Å². The second-order valence-corrected chi connectivity index (χ2v) is 5.95. The van der Waals surface area contributed by atoms with Gasteiger partial charge in [0.2, 0.25) is 0 Å². The van der Waals surface area contributed by atoms with Crippen molar-refractivity contribution in [2.75, 3.05) is 5.01 Å². The van der Waals surface area contributed by atoms with Crippen LogP contribution in [0.5, 0.6) is 0 Å². The van der Waals surface area contributed by atoms with Crippen LogP contribution in [-0.4, -0.2) is 17.8 Å². The second kappa shape index (κ2) is 3.83. The Labute approximate surface area is 100 Å². The van der Waals surface area contributed by atoms with Crippen LogP contribution in [-0.2, 0) is 10.1 Å². The molecule has 6 heteroatoms. The molecule has 0 amide bonds. The third-order valence-corrected chi connectivity index (χ3v) is 4.00. The molecule has 1 aliphatic rings. The van der Waals surface area contributed by atoms with E-state index in [0.29, 0.717) is 0 Å². The highest BCUT2D eigenvalue weighted by molar-refractivity contribution is 7.87. The van der Waals surface area contributed by atoms with Gasteiger partial charge in [0.1, 0.15) is 0 Å². The maximum Gasteiger partial charge on any atom is 0.289 e. The molecule has 0 aromatic heterocycles. The molecule has 0 aliphatic carbocycles. The lowest BCUT2D eigenvalue weighted by atomic mass is 10.3. The Balaban J connectivity index is 2.37. The minimum atomic E-state index is -4.21. The average Bonchev–Trinajstić information content (AvgIpc) is 2.56. The first-order valence-corrected chi connectivity index (χ1v) is 6.57. The van der Waals surface area contributed by atoms with E-state index in [1.54, 1.807) is 11.9 Å². The fourth-order valence-electron chi connectivity index (χ4n) is 1.78. The zero-order valence-electron chi connectivity index (χ0n) is 9.58. The number of anilines is 1. The van der Waals surface area contributed by atoms with Crippen LogP contribution in [0.1, 0.15) is 13.8 Å². The SMILES string of the molecule is CC1=CC(C)(S(=O)(=O)O)NN1c1ccccc1. The van der Waals surface area contributed by atoms with E-state index in [4.69, 9.17) is 0 Å². The molecule has 1 atom stereocenters. The predicted molar refractivity (Wildman–Crippen MR) is 65.8 cm³/mol. The Morgan fingerprint density at radius 2 is 1.88 bits per heavy atom. The summed E-state index contributed by atoms with van der Waals surface area (Å²) in [4.78, 5) is -1.48. The van der Waals surface area contributed by atoms with Gasteiger partial charge in [-0.3, -0.25) is 9.56 Å². The summed E-state index contributed by atoms with van der Waals surface area (Å²) >= 11 is 0. The molecule has 1 unspecified atom stereocenters. The molecule has 2 N–H and O–H groups in total. The van der Waals surface area contributed by atoms with Crippen LogP contribution in [0.25, 0.3) is 0 Å². The van der Waals surface area contributed by atoms with Crippen molar-refractivity contribution < 1.29 is 13.0 Å². The van der Waals surface area contributed by atoms with Gasteiger partial charge in [0, 0.05) is 5.70 Å². The number of nitrogens with one attached hydrogen (secondary N) is 1. The van der Waals surface area contributed by atoms with Crippen LogP contribution >= 0.6 is 0 Å². The number of para-hydroxylation sites is 1. The standard InChI is InChI=1S/C11H14N2O3S/c1-9-8-11(2,17(14,15)16)12-13(9)10-6-4-3-5-7-10/h3-8,12H,1-2H3,(H,14,15,16). The number of benzene rings is 1. The summed E-state index contributed by atoms with van der Waals surface area (Å²) in [5, 5.41) is 1.63. The molecule has 0 fully saturated rings. The Bertz CT molecular complexity index is 553. The van der Waals surface area contributed by atoms with Gasteiger partial charge in [-0.1, -0.05) is 18.2 Å². The van der Waals surface area contributed by atoms with E-state index >= 15 is 0 Å². The molecule has 0 radical (unpaired) electrons. The minimum absolute atomic E-state index is 0.719. The maximum atomic E-state index is 11.3. The monoisotopic (exact) mass is 254 g/mol. The molecule has 0 spiro atoms. The van der Waals surface area contributed by atoms with Crippen LogP contribution in [0.15, 0.2) is 42.1 Å². The minimum Gasteiger partial charge on any atom is -0.284 e. The summed E-state index contributed by atoms with van der Waals surface area (Å²) in [6.45, 7) is 3.19. The Kier molecular flexibility index (Phi) is 2.73. The molecule has 17 heavy (non-hydrogen) atoms. The second-order valence-electron chi connectivity index (χ2n) is 4.15. The van der Waals surface area contributed by atoms with E-state index in [9.17, 15) is 13.0 Å². The number of hydrogen-bond acceptors (Lipinski definition) is 4. The van der Waals surface area contributed by atoms with E-state index in [1.807, 2.05) is 30.3 Å². The van der Waals surface area contributed by atoms with Crippen LogP contribution in [0, 0.1) is 0 Å². The molecule has 2 rings (SSSR count). The first kappa shape index (κ1) is 12.1. The molecule has 0 bridgehead atoms. The Morgan fingerprint density at radius 1 is 1.29 bits per heavy atom. The number of nitrogens with zero attached hydrogens (tertiary/aromatic N) is 1. The molecule has 1 aromatic carbocycles. The van der Waals surface area contributed by atoms with Gasteiger partial charge in [0.15, 0.2) is 4.87 Å². The number of hydrogen-bond donors (Lipinski definition) is 2. The summed E-state index contributed by atoms with van der Waals surface area (Å²) < 4.78 is 31.8. The third kappa shape index (κ3) is 2.06. The summed E-state index contributed by atoms with van der Waals surface area (Å²) in [5.41, 5.74) is 4.31. The van der Waals surface area contributed by atoms with Crippen molar-refractivity contribution in [2.45, 2.75) is 18.7 Å². The zero-order valence-corrected chi connectivity index (χ0v) is 10.4. The van der Waals surface area contributed by atoms with Crippen molar-refractivity contribution >= 4 is 15.8 Å². The molecular formula is C11H14N2O3S. The zero-order chi connectivity index (χ0) is 12.7. The van der Waals surface area contributed by atoms with Gasteiger partial charge in [-0.2, -0.15) is 8.42 Å². The molecule has 5 nitrogen and oxygen atoms in total. The molecule has 92 valence electrons. The number of rotatable bonds is 2. The molecule has 1 aromatic rings. The topological polar surface area (TPSA) is 69.6 Å². The smallest absolute Gasteiger partial charge is 0.284 e. The van der Waals surface area contributed by atoms with E-state index < -0.39 is 15.0 Å². The Hall–Kier alpha value is -1.37. The average molecular weight is 254 g/mol. The normalized spacial score (nSPS) is 24.9. The highest BCUT2D eigenvalue weighted by atomic mass is 32.2. The van der Waals surface area contributed by atoms with Crippen LogP contribution in [0.3, 0.4) is 0 Å². The van der Waals surface area contributed by atoms with Gasteiger partial charge < -0.3 is 0 Å². The molecule has 0 saturated carbocycles. The lowest BCUT2D eigenvalue weighted by Gasteiger charge is -2.26. The Morgan fingerprint density at radius 3 is 2.35 bits per heavy atom. The van der Waals surface area contributed by atoms with Gasteiger partial charge in [0.05, 0.1) is 5.69 Å². The summed E-state index contributed by atoms with van der Waals surface area (Å²) in [6, 6.07) is 9.28. The first-order chi connectivity index (χ1) is 7.83. The maximum absolute atomic E-state index is 11.3. The number of hydrazine groups is 1. The van der Waals surface area contributed by atoms with E-state index in [2.05, 4.69) is 5.43 Å². The molecule has 1 aliphatic heterocycles. The van der Waals surface area contributed by atoms with Crippen LogP contribution < -0.4 is 10.4 Å². The summed E-state index contributed by atoms with van der Waals surface area (Å²) in [6.07, 6.45) is 1.48. The predicted octanol–water partition coefficient (Wildman–Crippen LogP) is 1.52.